The summed E-state index contributed by atoms with van der Waals surface area (Å²) in [6.07, 6.45) is 1.35. The molecular formula is C19H14FN3O2S2. The van der Waals surface area contributed by atoms with E-state index in [2.05, 4.69) is 10.3 Å². The van der Waals surface area contributed by atoms with Crippen molar-refractivity contribution < 1.29 is 9.18 Å². The lowest BCUT2D eigenvalue weighted by Crippen LogP contribution is -2.28. The molecule has 0 aliphatic heterocycles. The van der Waals surface area contributed by atoms with Crippen LogP contribution in [0.2, 0.25) is 0 Å². The molecule has 1 amide bonds. The highest BCUT2D eigenvalue weighted by Crippen LogP contribution is 2.33. The number of aryl methyl sites for hydroxylation is 1. The fourth-order valence-electron chi connectivity index (χ4n) is 2.76. The average molecular weight is 399 g/mol. The summed E-state index contributed by atoms with van der Waals surface area (Å²) in [6.45, 7) is 1.52. The Labute approximate surface area is 161 Å². The van der Waals surface area contributed by atoms with Gasteiger partial charge in [-0.2, -0.15) is 0 Å². The van der Waals surface area contributed by atoms with Crippen molar-refractivity contribution in [2.24, 2.45) is 0 Å². The summed E-state index contributed by atoms with van der Waals surface area (Å²) < 4.78 is 15.2. The molecule has 8 heteroatoms. The monoisotopic (exact) mass is 399 g/mol. The Morgan fingerprint density at radius 1 is 1.30 bits per heavy atom. The number of hydrogen-bond acceptors (Lipinski definition) is 5. The molecule has 1 aromatic carbocycles. The summed E-state index contributed by atoms with van der Waals surface area (Å²) in [5, 5.41) is 6.84. The Bertz CT molecular complexity index is 1200. The number of carbonyl (C=O) groups is 1. The molecule has 0 fully saturated rings. The normalized spacial score (nSPS) is 11.0. The van der Waals surface area contributed by atoms with Gasteiger partial charge in [0, 0.05) is 15.8 Å². The van der Waals surface area contributed by atoms with Gasteiger partial charge in [0.2, 0.25) is 5.91 Å². The number of benzene rings is 1. The Morgan fingerprint density at radius 3 is 2.89 bits per heavy atom. The van der Waals surface area contributed by atoms with E-state index in [1.807, 2.05) is 22.9 Å². The van der Waals surface area contributed by atoms with Crippen LogP contribution in [0.25, 0.3) is 20.7 Å². The largest absolute Gasteiger partial charge is 0.322 e. The number of anilines is 1. The number of nitrogens with one attached hydrogen (secondary N) is 1. The molecule has 1 N–H and O–H groups in total. The first-order valence-corrected chi connectivity index (χ1v) is 9.85. The van der Waals surface area contributed by atoms with Crippen LogP contribution in [0.3, 0.4) is 0 Å². The number of thiophene rings is 2. The van der Waals surface area contributed by atoms with Gasteiger partial charge in [0.05, 0.1) is 17.4 Å². The Morgan fingerprint density at radius 2 is 2.15 bits per heavy atom. The first-order valence-electron chi connectivity index (χ1n) is 8.09. The summed E-state index contributed by atoms with van der Waals surface area (Å²) >= 11 is 2.93. The highest BCUT2D eigenvalue weighted by Gasteiger charge is 2.15. The van der Waals surface area contributed by atoms with Crippen molar-refractivity contribution in [1.29, 1.82) is 0 Å². The highest BCUT2D eigenvalue weighted by molar-refractivity contribution is 7.18. The van der Waals surface area contributed by atoms with E-state index >= 15 is 0 Å². The summed E-state index contributed by atoms with van der Waals surface area (Å²) in [7, 11) is 0. The van der Waals surface area contributed by atoms with Gasteiger partial charge in [0.1, 0.15) is 17.2 Å². The Balaban J connectivity index is 1.64. The van der Waals surface area contributed by atoms with E-state index in [1.165, 1.54) is 45.7 Å². The first kappa shape index (κ1) is 17.6. The molecule has 0 radical (unpaired) electrons. The molecule has 4 rings (SSSR count). The van der Waals surface area contributed by atoms with Crippen molar-refractivity contribution in [3.8, 4) is 10.4 Å². The summed E-state index contributed by atoms with van der Waals surface area (Å²) in [6, 6.07) is 8.41. The van der Waals surface area contributed by atoms with Crippen LogP contribution in [0.5, 0.6) is 0 Å². The lowest BCUT2D eigenvalue weighted by Gasteiger charge is -2.09. The number of fused-ring (bicyclic) bond motifs is 1. The summed E-state index contributed by atoms with van der Waals surface area (Å²) in [5.41, 5.74) is 1.38. The molecule has 0 bridgehead atoms. The summed E-state index contributed by atoms with van der Waals surface area (Å²) in [4.78, 5) is 31.1. The second kappa shape index (κ2) is 7.05. The molecule has 0 saturated carbocycles. The van der Waals surface area contributed by atoms with Gasteiger partial charge in [-0.05, 0) is 36.1 Å². The first-order chi connectivity index (χ1) is 13.0. The third-order valence-corrected chi connectivity index (χ3v) is 5.85. The maximum absolute atomic E-state index is 13.9. The molecule has 0 atom stereocenters. The zero-order valence-corrected chi connectivity index (χ0v) is 15.9. The SMILES string of the molecule is Cc1ccc(NC(=O)Cn2cnc3scc(-c4cccs4)c3c2=O)c(F)c1. The van der Waals surface area contributed by atoms with Gasteiger partial charge in [-0.15, -0.1) is 22.7 Å². The molecule has 0 unspecified atom stereocenters. The standard InChI is InChI=1S/C19H14FN3O2S2/c1-11-4-5-14(13(20)7-11)22-16(24)8-23-10-21-18-17(19(23)25)12(9-27-18)15-3-2-6-26-15/h2-7,9-10H,8H2,1H3,(H,22,24). The molecule has 3 heterocycles. The van der Waals surface area contributed by atoms with Crippen molar-refractivity contribution in [3.05, 3.63) is 69.2 Å². The molecule has 4 aromatic rings. The molecular weight excluding hydrogens is 385 g/mol. The quantitative estimate of drug-likeness (QED) is 0.557. The lowest BCUT2D eigenvalue weighted by molar-refractivity contribution is -0.116. The van der Waals surface area contributed by atoms with Crippen LogP contribution in [-0.2, 0) is 11.3 Å². The minimum atomic E-state index is -0.512. The fourth-order valence-corrected chi connectivity index (χ4v) is 4.48. The number of nitrogens with zero attached hydrogens (tertiary/aromatic N) is 2. The van der Waals surface area contributed by atoms with Crippen molar-refractivity contribution in [3.63, 3.8) is 0 Å². The van der Waals surface area contributed by atoms with Crippen LogP contribution in [0.4, 0.5) is 10.1 Å². The zero-order chi connectivity index (χ0) is 19.0. The van der Waals surface area contributed by atoms with E-state index in [-0.39, 0.29) is 17.8 Å². The van der Waals surface area contributed by atoms with Crippen LogP contribution in [-0.4, -0.2) is 15.5 Å². The van der Waals surface area contributed by atoms with Crippen molar-refractivity contribution >= 4 is 44.5 Å². The van der Waals surface area contributed by atoms with Crippen LogP contribution in [0.15, 0.2) is 52.2 Å². The van der Waals surface area contributed by atoms with Crippen LogP contribution in [0, 0.1) is 12.7 Å². The lowest BCUT2D eigenvalue weighted by atomic mass is 10.2. The maximum atomic E-state index is 13.9. The van der Waals surface area contributed by atoms with E-state index in [4.69, 9.17) is 0 Å². The van der Waals surface area contributed by atoms with Gasteiger partial charge in [0.25, 0.3) is 5.56 Å². The average Bonchev–Trinajstić information content (AvgIpc) is 3.29. The van der Waals surface area contributed by atoms with Gasteiger partial charge in [-0.25, -0.2) is 9.37 Å². The number of halogens is 1. The smallest absolute Gasteiger partial charge is 0.263 e. The predicted octanol–water partition coefficient (Wildman–Crippen LogP) is 4.27. The molecule has 0 saturated heterocycles. The Hall–Kier alpha value is -2.84. The van der Waals surface area contributed by atoms with Gasteiger partial charge < -0.3 is 5.32 Å². The molecule has 136 valence electrons. The zero-order valence-electron chi connectivity index (χ0n) is 14.2. The topological polar surface area (TPSA) is 64.0 Å². The summed E-state index contributed by atoms with van der Waals surface area (Å²) in [5.74, 6) is -1.00. The van der Waals surface area contributed by atoms with E-state index in [0.29, 0.717) is 10.2 Å². The minimum Gasteiger partial charge on any atom is -0.322 e. The number of hydrogen-bond donors (Lipinski definition) is 1. The fraction of sp³-hybridized carbons (Fsp3) is 0.105. The molecule has 0 aliphatic rings. The second-order valence-electron chi connectivity index (χ2n) is 6.02. The number of aromatic nitrogens is 2. The third-order valence-electron chi connectivity index (χ3n) is 4.06. The number of carbonyl (C=O) groups excluding carboxylic acids is 1. The van der Waals surface area contributed by atoms with Crippen LogP contribution < -0.4 is 10.9 Å². The van der Waals surface area contributed by atoms with Gasteiger partial charge in [0.15, 0.2) is 0 Å². The van der Waals surface area contributed by atoms with Crippen molar-refractivity contribution in [1.82, 2.24) is 9.55 Å². The van der Waals surface area contributed by atoms with Crippen LogP contribution >= 0.6 is 22.7 Å². The van der Waals surface area contributed by atoms with E-state index in [1.54, 1.807) is 13.0 Å². The van der Waals surface area contributed by atoms with E-state index in [0.717, 1.165) is 16.0 Å². The van der Waals surface area contributed by atoms with Crippen molar-refractivity contribution in [2.45, 2.75) is 13.5 Å². The number of rotatable bonds is 4. The highest BCUT2D eigenvalue weighted by atomic mass is 32.1. The van der Waals surface area contributed by atoms with E-state index in [9.17, 15) is 14.0 Å². The second-order valence-corrected chi connectivity index (χ2v) is 7.82. The van der Waals surface area contributed by atoms with Gasteiger partial charge in [-0.1, -0.05) is 12.1 Å². The van der Waals surface area contributed by atoms with Gasteiger partial charge >= 0.3 is 0 Å². The third kappa shape index (κ3) is 3.41. The van der Waals surface area contributed by atoms with Crippen LogP contribution in [0.1, 0.15) is 5.56 Å². The molecule has 0 aliphatic carbocycles. The molecule has 27 heavy (non-hydrogen) atoms. The molecule has 0 spiro atoms. The van der Waals surface area contributed by atoms with E-state index < -0.39 is 11.7 Å². The number of amides is 1. The minimum absolute atomic E-state index is 0.0856. The molecule has 5 nitrogen and oxygen atoms in total. The van der Waals surface area contributed by atoms with Gasteiger partial charge in [-0.3, -0.25) is 14.2 Å². The predicted molar refractivity (Wildman–Crippen MR) is 107 cm³/mol. The molecule has 3 aromatic heterocycles. The van der Waals surface area contributed by atoms with Crippen molar-refractivity contribution in [2.75, 3.05) is 5.32 Å². The Kier molecular flexibility index (Phi) is 4.59. The maximum Gasteiger partial charge on any atom is 0.263 e.